The summed E-state index contributed by atoms with van der Waals surface area (Å²) >= 11 is 0. The lowest BCUT2D eigenvalue weighted by molar-refractivity contribution is 0.0662. The van der Waals surface area contributed by atoms with E-state index in [2.05, 4.69) is 5.32 Å². The van der Waals surface area contributed by atoms with E-state index in [9.17, 15) is 28.3 Å². The first-order chi connectivity index (χ1) is 14.7. The topological polar surface area (TPSA) is 91.6 Å². The number of carbonyl (C=O) groups excluding carboxylic acids is 2. The van der Waals surface area contributed by atoms with Gasteiger partial charge in [-0.25, -0.2) is 8.78 Å². The minimum absolute atomic E-state index is 0.123. The summed E-state index contributed by atoms with van der Waals surface area (Å²) in [6.45, 7) is 4.07. The van der Waals surface area contributed by atoms with Crippen molar-refractivity contribution in [2.45, 2.75) is 39.3 Å². The molecule has 4 rings (SSSR count). The second kappa shape index (κ2) is 7.79. The van der Waals surface area contributed by atoms with Gasteiger partial charge in [-0.2, -0.15) is 0 Å². The average Bonchev–Trinajstić information content (AvgIpc) is 2.87. The van der Waals surface area contributed by atoms with Crippen molar-refractivity contribution in [1.29, 1.82) is 0 Å². The molecule has 164 valence electrons. The van der Waals surface area contributed by atoms with Crippen molar-refractivity contribution in [3.05, 3.63) is 62.6 Å². The smallest absolute Gasteiger partial charge is 0.274 e. The van der Waals surface area contributed by atoms with Crippen LogP contribution in [0.15, 0.2) is 23.1 Å². The largest absolute Gasteiger partial charge is 0.503 e. The predicted molar refractivity (Wildman–Crippen MR) is 108 cm³/mol. The number of pyridine rings is 1. The summed E-state index contributed by atoms with van der Waals surface area (Å²) in [6.07, 6.45) is 2.94. The van der Waals surface area contributed by atoms with Crippen LogP contribution in [0.25, 0.3) is 0 Å². The fraction of sp³-hybridized carbons (Fsp3) is 0.409. The minimum atomic E-state index is -0.991. The minimum Gasteiger partial charge on any atom is -0.503 e. The lowest BCUT2D eigenvalue weighted by Gasteiger charge is -2.36. The highest BCUT2D eigenvalue weighted by atomic mass is 19.1. The Morgan fingerprint density at radius 3 is 2.61 bits per heavy atom. The van der Waals surface area contributed by atoms with Crippen LogP contribution in [-0.4, -0.2) is 39.5 Å². The Morgan fingerprint density at radius 2 is 1.94 bits per heavy atom. The van der Waals surface area contributed by atoms with Gasteiger partial charge in [-0.3, -0.25) is 14.4 Å². The Kier molecular flexibility index (Phi) is 5.28. The maximum absolute atomic E-state index is 14.1. The number of aromatic nitrogens is 1. The van der Waals surface area contributed by atoms with Gasteiger partial charge < -0.3 is 19.9 Å². The molecule has 1 fully saturated rings. The van der Waals surface area contributed by atoms with Gasteiger partial charge in [0.15, 0.2) is 11.4 Å². The van der Waals surface area contributed by atoms with Crippen molar-refractivity contribution >= 4 is 11.8 Å². The van der Waals surface area contributed by atoms with Crippen molar-refractivity contribution in [2.75, 3.05) is 13.1 Å². The van der Waals surface area contributed by atoms with Crippen molar-refractivity contribution in [1.82, 2.24) is 14.8 Å². The van der Waals surface area contributed by atoms with Crippen molar-refractivity contribution < 1.29 is 23.5 Å². The van der Waals surface area contributed by atoms with Crippen LogP contribution in [-0.2, 0) is 6.54 Å². The summed E-state index contributed by atoms with van der Waals surface area (Å²) < 4.78 is 29.6. The summed E-state index contributed by atoms with van der Waals surface area (Å²) in [5, 5.41) is 12.8. The van der Waals surface area contributed by atoms with E-state index in [0.717, 1.165) is 25.0 Å². The molecule has 7 nitrogen and oxygen atoms in total. The molecule has 0 unspecified atom stereocenters. The van der Waals surface area contributed by atoms with Gasteiger partial charge >= 0.3 is 0 Å². The number of nitrogens with one attached hydrogen (secondary N) is 1. The number of fused-ring (bicyclic) bond motifs is 4. The first kappa shape index (κ1) is 21.0. The second-order valence-electron chi connectivity index (χ2n) is 8.30. The molecule has 1 aromatic heterocycles. The second-order valence-corrected chi connectivity index (χ2v) is 8.30. The Bertz CT molecular complexity index is 1120. The van der Waals surface area contributed by atoms with E-state index < -0.39 is 41.2 Å². The van der Waals surface area contributed by atoms with Crippen molar-refractivity contribution in [3.8, 4) is 5.75 Å². The van der Waals surface area contributed by atoms with Gasteiger partial charge in [0.05, 0.1) is 6.04 Å². The lowest BCUT2D eigenvalue weighted by atomic mass is 9.95. The summed E-state index contributed by atoms with van der Waals surface area (Å²) in [5.74, 6) is -3.57. The van der Waals surface area contributed by atoms with Gasteiger partial charge in [-0.05, 0) is 43.4 Å². The van der Waals surface area contributed by atoms with Crippen molar-refractivity contribution in [3.63, 3.8) is 0 Å². The van der Waals surface area contributed by atoms with Gasteiger partial charge in [0.25, 0.3) is 11.8 Å². The molecule has 2 aliphatic heterocycles. The summed E-state index contributed by atoms with van der Waals surface area (Å²) in [6, 6.07) is 2.10. The van der Waals surface area contributed by atoms with Crippen molar-refractivity contribution in [2.24, 2.45) is 5.92 Å². The van der Waals surface area contributed by atoms with Gasteiger partial charge in [0, 0.05) is 31.4 Å². The van der Waals surface area contributed by atoms with E-state index in [1.165, 1.54) is 10.8 Å². The molecular weight excluding hydrogens is 408 g/mol. The SMILES string of the molecule is Cc1cc(F)c(CNC(=O)c2cn3c(c(O)c2=O)C(=O)N2CCC[C@H](C)[C@H]3C2)c(F)c1. The molecule has 2 N–H and O–H groups in total. The zero-order valence-corrected chi connectivity index (χ0v) is 17.2. The molecule has 2 aromatic rings. The highest BCUT2D eigenvalue weighted by Crippen LogP contribution is 2.35. The number of amides is 2. The first-order valence-corrected chi connectivity index (χ1v) is 10.2. The molecular formula is C22H23F2N3O4. The van der Waals surface area contributed by atoms with Crippen LogP contribution in [0.3, 0.4) is 0 Å². The van der Waals surface area contributed by atoms with Gasteiger partial charge in [-0.1, -0.05) is 6.92 Å². The van der Waals surface area contributed by atoms with E-state index in [1.54, 1.807) is 11.8 Å². The van der Waals surface area contributed by atoms with Crippen LogP contribution in [0.4, 0.5) is 8.78 Å². The number of halogens is 2. The number of nitrogens with zero attached hydrogens (tertiary/aromatic N) is 2. The van der Waals surface area contributed by atoms with Crippen LogP contribution in [0.2, 0.25) is 0 Å². The zero-order valence-electron chi connectivity index (χ0n) is 17.2. The lowest BCUT2D eigenvalue weighted by Crippen LogP contribution is -2.45. The number of hydrogen-bond acceptors (Lipinski definition) is 4. The molecule has 2 aliphatic rings. The Labute approximate surface area is 177 Å². The van der Waals surface area contributed by atoms with E-state index in [1.807, 2.05) is 6.92 Å². The number of hydrogen-bond donors (Lipinski definition) is 2. The quantitative estimate of drug-likeness (QED) is 0.781. The summed E-state index contributed by atoms with van der Waals surface area (Å²) in [7, 11) is 0. The number of benzene rings is 1. The molecule has 0 radical (unpaired) electrons. The molecule has 0 spiro atoms. The van der Waals surface area contributed by atoms with Crippen LogP contribution < -0.4 is 10.7 Å². The third-order valence-corrected chi connectivity index (χ3v) is 6.16. The van der Waals surface area contributed by atoms with E-state index in [-0.39, 0.29) is 28.8 Å². The maximum atomic E-state index is 14.1. The third-order valence-electron chi connectivity index (χ3n) is 6.16. The molecule has 31 heavy (non-hydrogen) atoms. The van der Waals surface area contributed by atoms with Gasteiger partial charge in [0.1, 0.15) is 17.2 Å². The standard InChI is InChI=1S/C22H23F2N3O4/c1-11-6-15(23)13(16(24)7-11)8-25-21(30)14-9-27-17-10-26(5-3-4-12(17)2)22(31)18(27)20(29)19(14)28/h6-7,9,12,17,29H,3-5,8,10H2,1-2H3,(H,25,30)/t12-,17+/m0/s1. The van der Waals surface area contributed by atoms with Gasteiger partial charge in [-0.15, -0.1) is 0 Å². The highest BCUT2D eigenvalue weighted by Gasteiger charge is 2.38. The fourth-order valence-electron chi connectivity index (χ4n) is 4.41. The molecule has 2 bridgehead atoms. The molecule has 0 aliphatic carbocycles. The monoisotopic (exact) mass is 431 g/mol. The van der Waals surface area contributed by atoms with Gasteiger partial charge in [0.2, 0.25) is 5.43 Å². The Morgan fingerprint density at radius 1 is 1.26 bits per heavy atom. The fourth-order valence-corrected chi connectivity index (χ4v) is 4.41. The van der Waals surface area contributed by atoms with E-state index in [4.69, 9.17) is 0 Å². The van der Waals surface area contributed by atoms with Crippen LogP contribution in [0, 0.1) is 24.5 Å². The first-order valence-electron chi connectivity index (χ1n) is 10.2. The van der Waals surface area contributed by atoms with Crippen LogP contribution in [0.1, 0.15) is 57.8 Å². The Hall–Kier alpha value is -3.23. The molecule has 9 heteroatoms. The maximum Gasteiger partial charge on any atom is 0.274 e. The number of rotatable bonds is 3. The van der Waals surface area contributed by atoms with Crippen LogP contribution in [0.5, 0.6) is 5.75 Å². The number of aromatic hydroxyl groups is 1. The predicted octanol–water partition coefficient (Wildman–Crippen LogP) is 2.50. The molecule has 1 aromatic carbocycles. The normalized spacial score (nSPS) is 20.3. The summed E-state index contributed by atoms with van der Waals surface area (Å²) in [4.78, 5) is 39.7. The Balaban J connectivity index is 1.69. The molecule has 3 heterocycles. The third kappa shape index (κ3) is 3.58. The number of aryl methyl sites for hydroxylation is 1. The molecule has 0 saturated carbocycles. The zero-order chi connectivity index (χ0) is 22.4. The molecule has 1 saturated heterocycles. The highest BCUT2D eigenvalue weighted by molar-refractivity contribution is 5.99. The van der Waals surface area contributed by atoms with E-state index >= 15 is 0 Å². The van der Waals surface area contributed by atoms with E-state index in [0.29, 0.717) is 18.7 Å². The summed E-state index contributed by atoms with van der Waals surface area (Å²) in [5.41, 5.74) is -1.42. The number of carbonyl (C=O) groups is 2. The molecule has 2 amide bonds. The molecule has 2 atom stereocenters. The average molecular weight is 431 g/mol. The van der Waals surface area contributed by atoms with Crippen LogP contribution >= 0.6 is 0 Å².